The van der Waals surface area contributed by atoms with Crippen molar-refractivity contribution in [3.8, 4) is 0 Å². The van der Waals surface area contributed by atoms with Crippen LogP contribution in [0.3, 0.4) is 0 Å². The molecule has 2 rings (SSSR count). The van der Waals surface area contributed by atoms with Crippen molar-refractivity contribution in [2.75, 3.05) is 6.54 Å². The van der Waals surface area contributed by atoms with Crippen LogP contribution in [0.1, 0.15) is 35.4 Å². The molecule has 0 unspecified atom stereocenters. The average Bonchev–Trinajstić information content (AvgIpc) is 2.81. The SMILES string of the molecule is Cc1n[nH]c(C)c1CCC(=O)NCCCc1ccccc1. The summed E-state index contributed by atoms with van der Waals surface area (Å²) >= 11 is 0. The molecule has 0 saturated heterocycles. The van der Waals surface area contributed by atoms with Gasteiger partial charge in [-0.25, -0.2) is 0 Å². The van der Waals surface area contributed by atoms with Crippen molar-refractivity contribution in [2.45, 2.75) is 39.5 Å². The van der Waals surface area contributed by atoms with Crippen molar-refractivity contribution in [3.05, 3.63) is 52.8 Å². The van der Waals surface area contributed by atoms with E-state index in [1.807, 2.05) is 32.0 Å². The van der Waals surface area contributed by atoms with Crippen molar-refractivity contribution < 1.29 is 4.79 Å². The predicted octanol–water partition coefficient (Wildman–Crippen LogP) is 2.71. The lowest BCUT2D eigenvalue weighted by atomic mass is 10.1. The lowest BCUT2D eigenvalue weighted by Crippen LogP contribution is -2.25. The Balaban J connectivity index is 1.64. The largest absolute Gasteiger partial charge is 0.356 e. The Morgan fingerprint density at radius 3 is 2.62 bits per heavy atom. The molecule has 2 N–H and O–H groups in total. The molecule has 0 aliphatic rings. The van der Waals surface area contributed by atoms with Gasteiger partial charge < -0.3 is 5.32 Å². The molecule has 0 aliphatic heterocycles. The number of rotatable bonds is 7. The van der Waals surface area contributed by atoms with Gasteiger partial charge in [-0.1, -0.05) is 30.3 Å². The maximum absolute atomic E-state index is 11.8. The zero-order valence-corrected chi connectivity index (χ0v) is 12.8. The van der Waals surface area contributed by atoms with Gasteiger partial charge >= 0.3 is 0 Å². The first-order valence-electron chi connectivity index (χ1n) is 7.48. The van der Waals surface area contributed by atoms with E-state index in [2.05, 4.69) is 27.6 Å². The Kier molecular flexibility index (Phi) is 5.55. The normalized spacial score (nSPS) is 10.6. The molecule has 2 aromatic rings. The van der Waals surface area contributed by atoms with Gasteiger partial charge in [-0.05, 0) is 44.2 Å². The molecule has 4 heteroatoms. The van der Waals surface area contributed by atoms with Crippen molar-refractivity contribution in [1.29, 1.82) is 0 Å². The number of nitrogens with one attached hydrogen (secondary N) is 2. The fourth-order valence-electron chi connectivity index (χ4n) is 2.43. The second-order valence-electron chi connectivity index (χ2n) is 5.35. The molecule has 1 aromatic carbocycles. The Hall–Kier alpha value is -2.10. The molecule has 0 saturated carbocycles. The summed E-state index contributed by atoms with van der Waals surface area (Å²) in [5, 5.41) is 10.1. The van der Waals surface area contributed by atoms with Crippen LogP contribution < -0.4 is 5.32 Å². The molecule has 0 aliphatic carbocycles. The van der Waals surface area contributed by atoms with E-state index >= 15 is 0 Å². The third kappa shape index (κ3) is 4.74. The minimum atomic E-state index is 0.114. The summed E-state index contributed by atoms with van der Waals surface area (Å²) in [6.07, 6.45) is 3.24. The number of aromatic nitrogens is 2. The summed E-state index contributed by atoms with van der Waals surface area (Å²) in [6.45, 7) is 4.70. The highest BCUT2D eigenvalue weighted by atomic mass is 16.1. The second kappa shape index (κ2) is 7.62. The van der Waals surface area contributed by atoms with Crippen molar-refractivity contribution in [2.24, 2.45) is 0 Å². The maximum atomic E-state index is 11.8. The minimum Gasteiger partial charge on any atom is -0.356 e. The molecule has 0 bridgehead atoms. The van der Waals surface area contributed by atoms with E-state index in [9.17, 15) is 4.79 Å². The lowest BCUT2D eigenvalue weighted by molar-refractivity contribution is -0.121. The molecule has 0 atom stereocenters. The van der Waals surface area contributed by atoms with Crippen molar-refractivity contribution in [1.82, 2.24) is 15.5 Å². The highest BCUT2D eigenvalue weighted by molar-refractivity contribution is 5.76. The van der Waals surface area contributed by atoms with E-state index in [0.717, 1.165) is 42.8 Å². The summed E-state index contributed by atoms with van der Waals surface area (Å²) in [4.78, 5) is 11.8. The summed E-state index contributed by atoms with van der Waals surface area (Å²) in [5.41, 5.74) is 4.53. The first-order valence-corrected chi connectivity index (χ1v) is 7.48. The van der Waals surface area contributed by atoms with Gasteiger partial charge in [0, 0.05) is 18.7 Å². The quantitative estimate of drug-likeness (QED) is 0.768. The number of carbonyl (C=O) groups excluding carboxylic acids is 1. The van der Waals surface area contributed by atoms with E-state index in [1.54, 1.807) is 0 Å². The molecular formula is C17H23N3O. The molecule has 0 radical (unpaired) electrons. The molecule has 21 heavy (non-hydrogen) atoms. The molecule has 1 heterocycles. The molecule has 4 nitrogen and oxygen atoms in total. The number of amides is 1. The zero-order valence-electron chi connectivity index (χ0n) is 12.8. The van der Waals surface area contributed by atoms with Crippen LogP contribution in [0.4, 0.5) is 0 Å². The van der Waals surface area contributed by atoms with Gasteiger partial charge in [0.15, 0.2) is 0 Å². The van der Waals surface area contributed by atoms with Crippen molar-refractivity contribution in [3.63, 3.8) is 0 Å². The number of hydrogen-bond donors (Lipinski definition) is 2. The minimum absolute atomic E-state index is 0.114. The molecular weight excluding hydrogens is 262 g/mol. The van der Waals surface area contributed by atoms with E-state index in [0.29, 0.717) is 6.42 Å². The van der Waals surface area contributed by atoms with Crippen LogP contribution in [0, 0.1) is 13.8 Å². The van der Waals surface area contributed by atoms with Gasteiger partial charge in [0.1, 0.15) is 0 Å². The van der Waals surface area contributed by atoms with E-state index in [-0.39, 0.29) is 5.91 Å². The van der Waals surface area contributed by atoms with Gasteiger partial charge in [0.25, 0.3) is 0 Å². The Morgan fingerprint density at radius 2 is 1.95 bits per heavy atom. The molecule has 112 valence electrons. The third-order valence-electron chi connectivity index (χ3n) is 3.69. The highest BCUT2D eigenvalue weighted by Gasteiger charge is 2.08. The van der Waals surface area contributed by atoms with Gasteiger partial charge in [-0.2, -0.15) is 5.10 Å². The first-order chi connectivity index (χ1) is 10.2. The van der Waals surface area contributed by atoms with Crippen molar-refractivity contribution >= 4 is 5.91 Å². The maximum Gasteiger partial charge on any atom is 0.220 e. The molecule has 0 spiro atoms. The van der Waals surface area contributed by atoms with Crippen LogP contribution in [0.25, 0.3) is 0 Å². The Morgan fingerprint density at radius 1 is 1.19 bits per heavy atom. The van der Waals surface area contributed by atoms with E-state index in [4.69, 9.17) is 0 Å². The van der Waals surface area contributed by atoms with Crippen LogP contribution in [-0.4, -0.2) is 22.6 Å². The number of benzene rings is 1. The van der Waals surface area contributed by atoms with Gasteiger partial charge in [0.05, 0.1) is 5.69 Å². The molecule has 0 fully saturated rings. The summed E-state index contributed by atoms with van der Waals surface area (Å²) in [5.74, 6) is 0.114. The molecule has 1 aromatic heterocycles. The average molecular weight is 285 g/mol. The monoisotopic (exact) mass is 285 g/mol. The van der Waals surface area contributed by atoms with Gasteiger partial charge in [-0.3, -0.25) is 9.89 Å². The number of hydrogen-bond acceptors (Lipinski definition) is 2. The number of aryl methyl sites for hydroxylation is 3. The number of nitrogens with zero attached hydrogens (tertiary/aromatic N) is 1. The lowest BCUT2D eigenvalue weighted by Gasteiger charge is -2.06. The summed E-state index contributed by atoms with van der Waals surface area (Å²) < 4.78 is 0. The predicted molar refractivity (Wildman–Crippen MR) is 84.2 cm³/mol. The van der Waals surface area contributed by atoms with Crippen LogP contribution >= 0.6 is 0 Å². The van der Waals surface area contributed by atoms with Crippen LogP contribution in [-0.2, 0) is 17.6 Å². The smallest absolute Gasteiger partial charge is 0.220 e. The summed E-state index contributed by atoms with van der Waals surface area (Å²) in [6, 6.07) is 10.3. The Bertz CT molecular complexity index is 555. The third-order valence-corrected chi connectivity index (χ3v) is 3.69. The Labute approximate surface area is 126 Å². The standard InChI is InChI=1S/C17H23N3O/c1-13-16(14(2)20-19-13)10-11-17(21)18-12-6-9-15-7-4-3-5-8-15/h3-5,7-8H,6,9-12H2,1-2H3,(H,18,21)(H,19,20). The van der Waals surface area contributed by atoms with Crippen LogP contribution in [0.2, 0.25) is 0 Å². The zero-order chi connectivity index (χ0) is 15.1. The van der Waals surface area contributed by atoms with E-state index in [1.165, 1.54) is 5.56 Å². The highest BCUT2D eigenvalue weighted by Crippen LogP contribution is 2.11. The topological polar surface area (TPSA) is 57.8 Å². The van der Waals surface area contributed by atoms with Crippen LogP contribution in [0.15, 0.2) is 30.3 Å². The fourth-order valence-corrected chi connectivity index (χ4v) is 2.43. The van der Waals surface area contributed by atoms with E-state index < -0.39 is 0 Å². The van der Waals surface area contributed by atoms with Gasteiger partial charge in [-0.15, -0.1) is 0 Å². The number of aromatic amines is 1. The first kappa shape index (κ1) is 15.3. The number of carbonyl (C=O) groups is 1. The second-order valence-corrected chi connectivity index (χ2v) is 5.35. The molecule has 1 amide bonds. The van der Waals surface area contributed by atoms with Gasteiger partial charge in [0.2, 0.25) is 5.91 Å². The summed E-state index contributed by atoms with van der Waals surface area (Å²) in [7, 11) is 0. The van der Waals surface area contributed by atoms with Crippen LogP contribution in [0.5, 0.6) is 0 Å². The number of H-pyrrole nitrogens is 1. The fraction of sp³-hybridized carbons (Fsp3) is 0.412.